The van der Waals surface area contributed by atoms with E-state index in [1.165, 1.54) is 219 Å². The lowest BCUT2D eigenvalue weighted by molar-refractivity contribution is -0.146. The Morgan fingerprint density at radius 3 is 1.16 bits per heavy atom. The number of carbonyl (C=O) groups excluding carboxylic acids is 2. The maximum Gasteiger partial charge on any atom is 0.306 e. The molecule has 0 bridgehead atoms. The van der Waals surface area contributed by atoms with E-state index in [4.69, 9.17) is 14.2 Å². The molecule has 6 heteroatoms. The highest BCUT2D eigenvalue weighted by molar-refractivity contribution is 5.70. The van der Waals surface area contributed by atoms with Crippen LogP contribution in [0.3, 0.4) is 0 Å². The van der Waals surface area contributed by atoms with Crippen molar-refractivity contribution in [2.45, 2.75) is 271 Å². The largest absolute Gasteiger partial charge is 0.466 e. The standard InChI is InChI=1S/C52H101NO5/c1-5-9-22-34-48(35-23-10-6-2)46-51(54)57-44-31-20-16-13-14-18-26-38-50(56-43-33-30-42-53-40-28-29-41-53)39-27-19-15-17-21-32-45-58-52(55)47-49(36-24-11-7-3)37-25-12-8-4/h48-50H,5-47H2,1-4H3. The van der Waals surface area contributed by atoms with Crippen LogP contribution < -0.4 is 0 Å². The van der Waals surface area contributed by atoms with E-state index in [1.54, 1.807) is 0 Å². The first-order chi connectivity index (χ1) is 28.5. The summed E-state index contributed by atoms with van der Waals surface area (Å²) < 4.78 is 17.9. The fourth-order valence-electron chi connectivity index (χ4n) is 8.93. The number of unbranched alkanes of at least 4 members (excludes halogenated alkanes) is 20. The van der Waals surface area contributed by atoms with Crippen molar-refractivity contribution in [3.63, 3.8) is 0 Å². The molecule has 0 N–H and O–H groups in total. The molecule has 0 aromatic rings. The van der Waals surface area contributed by atoms with Crippen LogP contribution in [0.25, 0.3) is 0 Å². The average molecular weight is 820 g/mol. The monoisotopic (exact) mass is 820 g/mol. The topological polar surface area (TPSA) is 65.1 Å². The van der Waals surface area contributed by atoms with Gasteiger partial charge in [-0.3, -0.25) is 9.59 Å². The number of ether oxygens (including phenoxy) is 3. The van der Waals surface area contributed by atoms with Crippen molar-refractivity contribution in [1.29, 1.82) is 0 Å². The molecule has 0 saturated carbocycles. The molecule has 0 radical (unpaired) electrons. The van der Waals surface area contributed by atoms with Gasteiger partial charge >= 0.3 is 11.9 Å². The third kappa shape index (κ3) is 35.6. The van der Waals surface area contributed by atoms with Gasteiger partial charge in [0.1, 0.15) is 0 Å². The van der Waals surface area contributed by atoms with Gasteiger partial charge in [-0.1, -0.05) is 175 Å². The van der Waals surface area contributed by atoms with Crippen molar-refractivity contribution >= 4 is 11.9 Å². The molecule has 0 aromatic carbocycles. The summed E-state index contributed by atoms with van der Waals surface area (Å²) in [4.78, 5) is 27.7. The molecule has 1 aliphatic heterocycles. The molecule has 1 unspecified atom stereocenters. The molecule has 58 heavy (non-hydrogen) atoms. The lowest BCUT2D eigenvalue weighted by Gasteiger charge is -2.19. The molecule has 1 fully saturated rings. The van der Waals surface area contributed by atoms with E-state index in [1.807, 2.05) is 0 Å². The Balaban J connectivity index is 2.21. The van der Waals surface area contributed by atoms with Gasteiger partial charge in [0.25, 0.3) is 0 Å². The van der Waals surface area contributed by atoms with Gasteiger partial charge in [-0.25, -0.2) is 0 Å². The number of carbonyl (C=O) groups is 2. The molecule has 1 aliphatic rings. The van der Waals surface area contributed by atoms with Gasteiger partial charge in [-0.15, -0.1) is 0 Å². The van der Waals surface area contributed by atoms with Crippen LogP contribution in [0.1, 0.15) is 265 Å². The van der Waals surface area contributed by atoms with E-state index in [9.17, 15) is 9.59 Å². The van der Waals surface area contributed by atoms with E-state index in [0.717, 1.165) is 32.3 Å². The molecule has 1 atom stereocenters. The summed E-state index contributed by atoms with van der Waals surface area (Å²) in [5.74, 6) is 1.09. The summed E-state index contributed by atoms with van der Waals surface area (Å²) in [5, 5.41) is 0. The van der Waals surface area contributed by atoms with Crippen molar-refractivity contribution in [3.05, 3.63) is 0 Å². The fraction of sp³-hybridized carbons (Fsp3) is 0.962. The molecule has 1 rings (SSSR count). The zero-order chi connectivity index (χ0) is 42.0. The Morgan fingerprint density at radius 2 is 0.759 bits per heavy atom. The van der Waals surface area contributed by atoms with Crippen LogP contribution in [0.4, 0.5) is 0 Å². The quantitative estimate of drug-likeness (QED) is 0.0450. The summed E-state index contributed by atoms with van der Waals surface area (Å²) >= 11 is 0. The van der Waals surface area contributed by atoms with Gasteiger partial charge in [0.05, 0.1) is 19.3 Å². The highest BCUT2D eigenvalue weighted by atomic mass is 16.5. The number of esters is 2. The number of likely N-dealkylation sites (tertiary alicyclic amines) is 1. The molecule has 1 heterocycles. The van der Waals surface area contributed by atoms with Crippen LogP contribution in [0, 0.1) is 11.8 Å². The van der Waals surface area contributed by atoms with Crippen LogP contribution in [-0.4, -0.2) is 62.4 Å². The first-order valence-electron chi connectivity index (χ1n) is 26.2. The summed E-state index contributed by atoms with van der Waals surface area (Å²) in [6, 6.07) is 0. The number of hydrogen-bond acceptors (Lipinski definition) is 6. The van der Waals surface area contributed by atoms with Crippen LogP contribution >= 0.6 is 0 Å². The van der Waals surface area contributed by atoms with Crippen LogP contribution in [-0.2, 0) is 23.8 Å². The number of nitrogens with zero attached hydrogens (tertiary/aromatic N) is 1. The maximum atomic E-state index is 12.6. The summed E-state index contributed by atoms with van der Waals surface area (Å²) in [6.45, 7) is 14.9. The van der Waals surface area contributed by atoms with E-state index < -0.39 is 0 Å². The second-order valence-corrected chi connectivity index (χ2v) is 18.5. The Labute approximate surface area is 362 Å². The Morgan fingerprint density at radius 1 is 0.414 bits per heavy atom. The third-order valence-electron chi connectivity index (χ3n) is 12.8. The summed E-state index contributed by atoms with van der Waals surface area (Å²) in [7, 11) is 0. The van der Waals surface area contributed by atoms with E-state index in [0.29, 0.717) is 44.0 Å². The number of rotatable bonds is 45. The van der Waals surface area contributed by atoms with Crippen molar-refractivity contribution < 1.29 is 23.8 Å². The van der Waals surface area contributed by atoms with E-state index in [2.05, 4.69) is 32.6 Å². The molecule has 0 aliphatic carbocycles. The van der Waals surface area contributed by atoms with Crippen molar-refractivity contribution in [2.24, 2.45) is 11.8 Å². The van der Waals surface area contributed by atoms with Crippen LogP contribution in [0.5, 0.6) is 0 Å². The Bertz CT molecular complexity index is 856. The van der Waals surface area contributed by atoms with Crippen molar-refractivity contribution in [3.8, 4) is 0 Å². The smallest absolute Gasteiger partial charge is 0.306 e. The summed E-state index contributed by atoms with van der Waals surface area (Å²) in [5.41, 5.74) is 0. The fourth-order valence-corrected chi connectivity index (χ4v) is 8.93. The van der Waals surface area contributed by atoms with Crippen LogP contribution in [0.15, 0.2) is 0 Å². The van der Waals surface area contributed by atoms with Crippen LogP contribution in [0.2, 0.25) is 0 Å². The van der Waals surface area contributed by atoms with Gasteiger partial charge in [0.2, 0.25) is 0 Å². The lowest BCUT2D eigenvalue weighted by atomic mass is 9.92. The predicted octanol–water partition coefficient (Wildman–Crippen LogP) is 15.5. The van der Waals surface area contributed by atoms with Gasteiger partial charge < -0.3 is 19.1 Å². The molecular weight excluding hydrogens is 719 g/mol. The minimum Gasteiger partial charge on any atom is -0.466 e. The lowest BCUT2D eigenvalue weighted by Crippen LogP contribution is -2.21. The highest BCUT2D eigenvalue weighted by Gasteiger charge is 2.17. The first kappa shape index (κ1) is 54.9. The minimum absolute atomic E-state index is 0.0317. The van der Waals surface area contributed by atoms with Crippen molar-refractivity contribution in [2.75, 3.05) is 39.5 Å². The second kappa shape index (κ2) is 42.5. The Hall–Kier alpha value is -1.14. The zero-order valence-corrected chi connectivity index (χ0v) is 39.6. The molecule has 344 valence electrons. The molecule has 0 spiro atoms. The molecule has 6 nitrogen and oxygen atoms in total. The summed E-state index contributed by atoms with van der Waals surface area (Å²) in [6.07, 6.45) is 44.7. The molecule has 1 saturated heterocycles. The minimum atomic E-state index is 0.0317. The SMILES string of the molecule is CCCCCC(CCCCC)CC(=O)OCCCCCCCCCC(CCCCCCCCOC(=O)CC(CCCCC)CCCCC)OCCCCN1CCCC1. The normalized spacial score (nSPS) is 13.9. The van der Waals surface area contributed by atoms with Gasteiger partial charge in [-0.05, 0) is 109 Å². The molecule has 0 aromatic heterocycles. The van der Waals surface area contributed by atoms with Crippen molar-refractivity contribution in [1.82, 2.24) is 4.90 Å². The number of hydrogen-bond donors (Lipinski definition) is 0. The molecular formula is C52H101NO5. The zero-order valence-electron chi connectivity index (χ0n) is 39.6. The van der Waals surface area contributed by atoms with E-state index >= 15 is 0 Å². The van der Waals surface area contributed by atoms with Gasteiger partial charge in [-0.2, -0.15) is 0 Å². The predicted molar refractivity (Wildman–Crippen MR) is 249 cm³/mol. The van der Waals surface area contributed by atoms with E-state index in [-0.39, 0.29) is 11.9 Å². The maximum absolute atomic E-state index is 12.6. The second-order valence-electron chi connectivity index (χ2n) is 18.5. The highest BCUT2D eigenvalue weighted by Crippen LogP contribution is 2.24. The average Bonchev–Trinajstić information content (AvgIpc) is 3.74. The molecule has 0 amide bonds. The third-order valence-corrected chi connectivity index (χ3v) is 12.8. The first-order valence-corrected chi connectivity index (χ1v) is 26.2. The van der Waals surface area contributed by atoms with Gasteiger partial charge in [0.15, 0.2) is 0 Å². The van der Waals surface area contributed by atoms with Gasteiger partial charge in [0, 0.05) is 19.4 Å². The Kier molecular flexibility index (Phi) is 40.3.